The maximum absolute atomic E-state index is 12.8. The normalized spacial score (nSPS) is 20.6. The van der Waals surface area contributed by atoms with Crippen LogP contribution in [-0.4, -0.2) is 27.5 Å². The fourth-order valence-corrected chi connectivity index (χ4v) is 3.98. The van der Waals surface area contributed by atoms with Gasteiger partial charge in [0.25, 0.3) is 0 Å². The molecular formula is C13H16ClF3N2O2S. The SMILES string of the molecule is O=S(=O)(NC1CCCNCC1)c1cc(Cl)cc(C(F)(F)F)c1. The first-order chi connectivity index (χ1) is 10.2. The smallest absolute Gasteiger partial charge is 0.317 e. The van der Waals surface area contributed by atoms with Gasteiger partial charge >= 0.3 is 6.18 Å². The summed E-state index contributed by atoms with van der Waals surface area (Å²) in [5, 5.41) is 2.87. The van der Waals surface area contributed by atoms with Crippen molar-refractivity contribution in [2.45, 2.75) is 36.4 Å². The van der Waals surface area contributed by atoms with Gasteiger partial charge in [0, 0.05) is 11.1 Å². The minimum Gasteiger partial charge on any atom is -0.317 e. The largest absolute Gasteiger partial charge is 0.416 e. The lowest BCUT2D eigenvalue weighted by molar-refractivity contribution is -0.137. The highest BCUT2D eigenvalue weighted by Gasteiger charge is 2.33. The Hall–Kier alpha value is -0.830. The van der Waals surface area contributed by atoms with Crippen molar-refractivity contribution in [1.29, 1.82) is 0 Å². The van der Waals surface area contributed by atoms with Crippen LogP contribution in [0.25, 0.3) is 0 Å². The molecule has 1 atom stereocenters. The summed E-state index contributed by atoms with van der Waals surface area (Å²) in [5.74, 6) is 0. The van der Waals surface area contributed by atoms with Gasteiger partial charge in [-0.3, -0.25) is 0 Å². The summed E-state index contributed by atoms with van der Waals surface area (Å²) in [6.07, 6.45) is -2.62. The molecule has 1 fully saturated rings. The van der Waals surface area contributed by atoms with Gasteiger partial charge in [-0.1, -0.05) is 11.6 Å². The number of rotatable bonds is 3. The zero-order valence-electron chi connectivity index (χ0n) is 11.6. The fourth-order valence-electron chi connectivity index (χ4n) is 2.31. The molecule has 124 valence electrons. The summed E-state index contributed by atoms with van der Waals surface area (Å²) in [7, 11) is -4.04. The lowest BCUT2D eigenvalue weighted by atomic mass is 10.1. The van der Waals surface area contributed by atoms with Crippen molar-refractivity contribution in [3.63, 3.8) is 0 Å². The summed E-state index contributed by atoms with van der Waals surface area (Å²) in [6.45, 7) is 1.46. The van der Waals surface area contributed by atoms with Crippen LogP contribution in [0.2, 0.25) is 5.02 Å². The van der Waals surface area contributed by atoms with Gasteiger partial charge in [-0.25, -0.2) is 13.1 Å². The van der Waals surface area contributed by atoms with Gasteiger partial charge in [-0.15, -0.1) is 0 Å². The quantitative estimate of drug-likeness (QED) is 0.875. The van der Waals surface area contributed by atoms with Crippen molar-refractivity contribution in [2.75, 3.05) is 13.1 Å². The van der Waals surface area contributed by atoms with Crippen LogP contribution in [0.3, 0.4) is 0 Å². The predicted octanol–water partition coefficient (Wildman–Crippen LogP) is 2.78. The van der Waals surface area contributed by atoms with E-state index in [1.165, 1.54) is 0 Å². The van der Waals surface area contributed by atoms with E-state index in [-0.39, 0.29) is 11.1 Å². The van der Waals surface area contributed by atoms with E-state index in [2.05, 4.69) is 10.0 Å². The molecule has 9 heteroatoms. The van der Waals surface area contributed by atoms with Gasteiger partial charge in [0.15, 0.2) is 0 Å². The second-order valence-electron chi connectivity index (χ2n) is 5.17. The Morgan fingerprint density at radius 2 is 1.91 bits per heavy atom. The standard InChI is InChI=1S/C13H16ClF3N2O2S/c14-10-6-9(13(15,16)17)7-12(8-10)22(20,21)19-11-2-1-4-18-5-3-11/h6-8,11,18-19H,1-5H2. The third-order valence-electron chi connectivity index (χ3n) is 3.41. The summed E-state index contributed by atoms with van der Waals surface area (Å²) >= 11 is 5.63. The van der Waals surface area contributed by atoms with Gasteiger partial charge < -0.3 is 5.32 Å². The second kappa shape index (κ2) is 6.74. The maximum Gasteiger partial charge on any atom is 0.416 e. The van der Waals surface area contributed by atoms with Gasteiger partial charge in [-0.05, 0) is 50.6 Å². The Bertz CT molecular complexity index is 627. The van der Waals surface area contributed by atoms with E-state index in [1.54, 1.807) is 0 Å². The molecule has 0 aliphatic carbocycles. The van der Waals surface area contributed by atoms with Crippen LogP contribution >= 0.6 is 11.6 Å². The molecule has 1 unspecified atom stereocenters. The van der Waals surface area contributed by atoms with Crippen LogP contribution < -0.4 is 10.0 Å². The number of hydrogen-bond acceptors (Lipinski definition) is 3. The highest BCUT2D eigenvalue weighted by atomic mass is 35.5. The number of hydrogen-bond donors (Lipinski definition) is 2. The fraction of sp³-hybridized carbons (Fsp3) is 0.538. The zero-order valence-corrected chi connectivity index (χ0v) is 13.2. The van der Waals surface area contributed by atoms with Crippen molar-refractivity contribution in [2.24, 2.45) is 0 Å². The second-order valence-corrected chi connectivity index (χ2v) is 7.32. The van der Waals surface area contributed by atoms with E-state index >= 15 is 0 Å². The minimum atomic E-state index is -4.65. The van der Waals surface area contributed by atoms with E-state index in [9.17, 15) is 21.6 Å². The van der Waals surface area contributed by atoms with Gasteiger partial charge in [0.2, 0.25) is 10.0 Å². The lowest BCUT2D eigenvalue weighted by Gasteiger charge is -2.17. The molecule has 1 aromatic rings. The Kier molecular flexibility index (Phi) is 5.37. The molecule has 0 spiro atoms. The first-order valence-electron chi connectivity index (χ1n) is 6.79. The summed E-state index contributed by atoms with van der Waals surface area (Å²) < 4.78 is 65.3. The molecule has 0 radical (unpaired) electrons. The van der Waals surface area contributed by atoms with Crippen LogP contribution in [0.5, 0.6) is 0 Å². The first-order valence-corrected chi connectivity index (χ1v) is 8.65. The van der Waals surface area contributed by atoms with E-state index < -0.39 is 26.7 Å². The summed E-state index contributed by atoms with van der Waals surface area (Å²) in [5.41, 5.74) is -1.08. The predicted molar refractivity (Wildman–Crippen MR) is 77.3 cm³/mol. The summed E-state index contributed by atoms with van der Waals surface area (Å²) in [4.78, 5) is -0.468. The molecule has 2 N–H and O–H groups in total. The van der Waals surface area contributed by atoms with Crippen LogP contribution in [0.15, 0.2) is 23.1 Å². The third kappa shape index (κ3) is 4.58. The van der Waals surface area contributed by atoms with E-state index in [1.807, 2.05) is 0 Å². The molecule has 0 amide bonds. The Labute approximate surface area is 132 Å². The first kappa shape index (κ1) is 17.5. The molecular weight excluding hydrogens is 341 g/mol. The molecule has 1 heterocycles. The number of sulfonamides is 1. The number of benzene rings is 1. The monoisotopic (exact) mass is 356 g/mol. The van der Waals surface area contributed by atoms with E-state index in [4.69, 9.17) is 11.6 Å². The summed E-state index contributed by atoms with van der Waals surface area (Å²) in [6, 6.07) is 2.03. The Balaban J connectivity index is 2.27. The van der Waals surface area contributed by atoms with Gasteiger partial charge in [0.05, 0.1) is 10.5 Å². The van der Waals surface area contributed by atoms with Crippen LogP contribution in [-0.2, 0) is 16.2 Å². The average molecular weight is 357 g/mol. The molecule has 0 saturated carbocycles. The molecule has 1 aromatic carbocycles. The molecule has 1 aliphatic heterocycles. The molecule has 1 aliphatic rings. The van der Waals surface area contributed by atoms with Crippen molar-refractivity contribution in [3.05, 3.63) is 28.8 Å². The van der Waals surface area contributed by atoms with Gasteiger partial charge in [0.1, 0.15) is 0 Å². The van der Waals surface area contributed by atoms with E-state index in [0.29, 0.717) is 31.5 Å². The molecule has 22 heavy (non-hydrogen) atoms. The number of halogens is 4. The third-order valence-corrected chi connectivity index (χ3v) is 5.12. The Morgan fingerprint density at radius 1 is 1.18 bits per heavy atom. The maximum atomic E-state index is 12.8. The van der Waals surface area contributed by atoms with Crippen LogP contribution in [0.4, 0.5) is 13.2 Å². The van der Waals surface area contributed by atoms with Crippen molar-refractivity contribution < 1.29 is 21.6 Å². The molecule has 0 aromatic heterocycles. The molecule has 0 bridgehead atoms. The van der Waals surface area contributed by atoms with Gasteiger partial charge in [-0.2, -0.15) is 13.2 Å². The van der Waals surface area contributed by atoms with Crippen molar-refractivity contribution in [1.82, 2.24) is 10.0 Å². The van der Waals surface area contributed by atoms with Crippen molar-refractivity contribution in [3.8, 4) is 0 Å². The van der Waals surface area contributed by atoms with E-state index in [0.717, 1.165) is 19.0 Å². The average Bonchev–Trinajstić information content (AvgIpc) is 2.65. The highest BCUT2D eigenvalue weighted by molar-refractivity contribution is 7.89. The lowest BCUT2D eigenvalue weighted by Crippen LogP contribution is -2.35. The molecule has 1 saturated heterocycles. The molecule has 4 nitrogen and oxygen atoms in total. The van der Waals surface area contributed by atoms with Crippen LogP contribution in [0.1, 0.15) is 24.8 Å². The van der Waals surface area contributed by atoms with Crippen LogP contribution in [0, 0.1) is 0 Å². The number of nitrogens with one attached hydrogen (secondary N) is 2. The molecule has 2 rings (SSSR count). The minimum absolute atomic E-state index is 0.266. The van der Waals surface area contributed by atoms with Crippen molar-refractivity contribution >= 4 is 21.6 Å². The zero-order chi connectivity index (χ0) is 16.4. The topological polar surface area (TPSA) is 58.2 Å². The Morgan fingerprint density at radius 3 is 2.59 bits per heavy atom. The highest BCUT2D eigenvalue weighted by Crippen LogP contribution is 2.33. The number of alkyl halides is 3.